The number of aromatic nitrogens is 3. The van der Waals surface area contributed by atoms with Crippen molar-refractivity contribution >= 4 is 16.9 Å². The fourth-order valence-corrected chi connectivity index (χ4v) is 3.49. The van der Waals surface area contributed by atoms with Crippen molar-refractivity contribution in [2.75, 3.05) is 0 Å². The monoisotopic (exact) mass is 361 g/mol. The Balaban J connectivity index is 1.35. The zero-order chi connectivity index (χ0) is 18.4. The number of aryl methyl sites for hydroxylation is 1. The standard InChI is InChI=1S/C20H23N7/c1-12-10-23-16-5-2-13(8-15(12)16)11-24-19-22-7-6-20(21,25-19)18-9-17(26-27-18)14-3-4-14/h2,5-10,14,23H,3-4,11,21H2,1H3,(H,26,27)(H2,22,24,25). The number of H-pyrrole nitrogens is 2. The highest BCUT2D eigenvalue weighted by molar-refractivity contribution is 5.84. The number of aliphatic imine (C=N–C) groups is 1. The third-order valence-electron chi connectivity index (χ3n) is 5.30. The van der Waals surface area contributed by atoms with E-state index in [0.717, 1.165) is 22.5 Å². The van der Waals surface area contributed by atoms with Crippen molar-refractivity contribution in [3.8, 4) is 0 Å². The molecule has 27 heavy (non-hydrogen) atoms. The molecule has 7 nitrogen and oxygen atoms in total. The lowest BCUT2D eigenvalue weighted by Gasteiger charge is -2.30. The van der Waals surface area contributed by atoms with Gasteiger partial charge in [0.15, 0.2) is 11.6 Å². The van der Waals surface area contributed by atoms with Crippen LogP contribution < -0.4 is 16.4 Å². The van der Waals surface area contributed by atoms with Crippen LogP contribution in [-0.4, -0.2) is 21.1 Å². The fourth-order valence-electron chi connectivity index (χ4n) is 3.49. The van der Waals surface area contributed by atoms with Crippen LogP contribution in [0.2, 0.25) is 0 Å². The SMILES string of the molecule is Cc1c[nH]c2ccc(CN=C3NC=CC(N)(c4cc(C5CC5)[nH]n4)N3)cc12. The Bertz CT molecular complexity index is 1050. The topological polar surface area (TPSA) is 107 Å². The Kier molecular flexibility index (Phi) is 3.58. The van der Waals surface area contributed by atoms with Gasteiger partial charge in [-0.05, 0) is 55.2 Å². The van der Waals surface area contributed by atoms with Gasteiger partial charge >= 0.3 is 0 Å². The third kappa shape index (κ3) is 3.00. The smallest absolute Gasteiger partial charge is 0.197 e. The summed E-state index contributed by atoms with van der Waals surface area (Å²) in [5.41, 5.74) is 11.2. The maximum atomic E-state index is 6.55. The molecule has 2 aromatic heterocycles. The summed E-state index contributed by atoms with van der Waals surface area (Å²) in [5.74, 6) is 1.25. The summed E-state index contributed by atoms with van der Waals surface area (Å²) in [7, 11) is 0. The van der Waals surface area contributed by atoms with E-state index in [1.807, 2.05) is 18.5 Å². The highest BCUT2D eigenvalue weighted by atomic mass is 15.3. The lowest BCUT2D eigenvalue weighted by molar-refractivity contribution is 0.483. The van der Waals surface area contributed by atoms with Crippen LogP contribution in [0.3, 0.4) is 0 Å². The van der Waals surface area contributed by atoms with Gasteiger partial charge in [0.1, 0.15) is 5.69 Å². The van der Waals surface area contributed by atoms with E-state index in [-0.39, 0.29) is 0 Å². The molecule has 1 saturated carbocycles. The maximum Gasteiger partial charge on any atom is 0.197 e. The van der Waals surface area contributed by atoms with Gasteiger partial charge in [-0.3, -0.25) is 5.10 Å². The molecular weight excluding hydrogens is 338 g/mol. The van der Waals surface area contributed by atoms with Crippen molar-refractivity contribution in [2.24, 2.45) is 10.7 Å². The molecule has 3 heterocycles. The van der Waals surface area contributed by atoms with Crippen LogP contribution in [0.1, 0.15) is 41.3 Å². The number of fused-ring (bicyclic) bond motifs is 1. The number of benzene rings is 1. The molecule has 138 valence electrons. The molecule has 0 spiro atoms. The molecule has 1 fully saturated rings. The van der Waals surface area contributed by atoms with Crippen molar-refractivity contribution in [1.82, 2.24) is 25.8 Å². The van der Waals surface area contributed by atoms with Crippen LogP contribution in [0.4, 0.5) is 0 Å². The minimum absolute atomic E-state index is 0.563. The quantitative estimate of drug-likeness (QED) is 0.492. The Labute approximate surface area is 157 Å². The summed E-state index contributed by atoms with van der Waals surface area (Å²) in [6, 6.07) is 8.41. The van der Waals surface area contributed by atoms with E-state index in [4.69, 9.17) is 5.73 Å². The molecule has 1 aromatic carbocycles. The van der Waals surface area contributed by atoms with Gasteiger partial charge in [0.05, 0.1) is 6.54 Å². The molecule has 1 atom stereocenters. The Hall–Kier alpha value is -3.06. The van der Waals surface area contributed by atoms with Crippen LogP contribution in [0.15, 0.2) is 47.7 Å². The Morgan fingerprint density at radius 3 is 3.04 bits per heavy atom. The van der Waals surface area contributed by atoms with Crippen LogP contribution in [0, 0.1) is 6.92 Å². The second-order valence-electron chi connectivity index (χ2n) is 7.47. The molecule has 1 aliphatic carbocycles. The first-order valence-electron chi connectivity index (χ1n) is 9.29. The van der Waals surface area contributed by atoms with Gasteiger partial charge in [-0.1, -0.05) is 6.07 Å². The molecule has 0 saturated heterocycles. The molecule has 1 unspecified atom stereocenters. The highest BCUT2D eigenvalue weighted by Crippen LogP contribution is 2.39. The number of nitrogens with one attached hydrogen (secondary N) is 4. The number of nitrogens with two attached hydrogens (primary N) is 1. The largest absolute Gasteiger partial charge is 0.361 e. The minimum Gasteiger partial charge on any atom is -0.361 e. The van der Waals surface area contributed by atoms with E-state index in [2.05, 4.69) is 62.0 Å². The zero-order valence-electron chi connectivity index (χ0n) is 15.2. The lowest BCUT2D eigenvalue weighted by atomic mass is 10.1. The Morgan fingerprint density at radius 2 is 2.19 bits per heavy atom. The highest BCUT2D eigenvalue weighted by Gasteiger charge is 2.33. The number of nitrogens with zero attached hydrogens (tertiary/aromatic N) is 2. The van der Waals surface area contributed by atoms with E-state index < -0.39 is 5.66 Å². The van der Waals surface area contributed by atoms with Crippen LogP contribution >= 0.6 is 0 Å². The summed E-state index contributed by atoms with van der Waals surface area (Å²) in [6.45, 7) is 2.67. The van der Waals surface area contributed by atoms with E-state index in [9.17, 15) is 0 Å². The second-order valence-corrected chi connectivity index (χ2v) is 7.47. The molecule has 2 aliphatic rings. The molecule has 0 amide bonds. The van der Waals surface area contributed by atoms with E-state index in [1.54, 1.807) is 0 Å². The predicted octanol–water partition coefficient (Wildman–Crippen LogP) is 2.45. The summed E-state index contributed by atoms with van der Waals surface area (Å²) >= 11 is 0. The van der Waals surface area contributed by atoms with Gasteiger partial charge in [-0.2, -0.15) is 5.10 Å². The number of hydrogen-bond acceptors (Lipinski definition) is 3. The normalized spacial score (nSPS) is 23.6. The average Bonchev–Trinajstić information content (AvgIpc) is 3.28. The molecule has 6 N–H and O–H groups in total. The Morgan fingerprint density at radius 1 is 1.30 bits per heavy atom. The predicted molar refractivity (Wildman–Crippen MR) is 106 cm³/mol. The summed E-state index contributed by atoms with van der Waals surface area (Å²) in [4.78, 5) is 7.93. The summed E-state index contributed by atoms with van der Waals surface area (Å²) in [5, 5.41) is 15.2. The zero-order valence-corrected chi connectivity index (χ0v) is 15.2. The van der Waals surface area contributed by atoms with Crippen LogP contribution in [-0.2, 0) is 12.2 Å². The number of hydrogen-bond donors (Lipinski definition) is 5. The molecule has 5 rings (SSSR count). The summed E-state index contributed by atoms with van der Waals surface area (Å²) in [6.07, 6.45) is 8.16. The second kappa shape index (κ2) is 5.99. The molecular formula is C20H23N7. The van der Waals surface area contributed by atoms with Crippen molar-refractivity contribution in [3.05, 3.63) is 65.3 Å². The van der Waals surface area contributed by atoms with Crippen molar-refractivity contribution < 1.29 is 0 Å². The van der Waals surface area contributed by atoms with Gasteiger partial charge in [-0.25, -0.2) is 4.99 Å². The van der Waals surface area contributed by atoms with E-state index in [0.29, 0.717) is 18.4 Å². The third-order valence-corrected chi connectivity index (χ3v) is 5.30. The average molecular weight is 361 g/mol. The van der Waals surface area contributed by atoms with Crippen LogP contribution in [0.5, 0.6) is 0 Å². The van der Waals surface area contributed by atoms with Crippen molar-refractivity contribution in [2.45, 2.75) is 37.9 Å². The summed E-state index contributed by atoms with van der Waals surface area (Å²) < 4.78 is 0. The van der Waals surface area contributed by atoms with Crippen molar-refractivity contribution in [3.63, 3.8) is 0 Å². The fraction of sp³-hybridized carbons (Fsp3) is 0.300. The maximum absolute atomic E-state index is 6.55. The van der Waals surface area contributed by atoms with Crippen molar-refractivity contribution in [1.29, 1.82) is 0 Å². The van der Waals surface area contributed by atoms with Gasteiger partial charge < -0.3 is 21.4 Å². The van der Waals surface area contributed by atoms with Gasteiger partial charge in [-0.15, -0.1) is 0 Å². The van der Waals surface area contributed by atoms with Gasteiger partial charge in [0.2, 0.25) is 0 Å². The molecule has 1 aliphatic heterocycles. The number of rotatable bonds is 4. The molecule has 7 heteroatoms. The minimum atomic E-state index is -0.866. The van der Waals surface area contributed by atoms with Crippen LogP contribution in [0.25, 0.3) is 10.9 Å². The van der Waals surface area contributed by atoms with Gasteiger partial charge in [0.25, 0.3) is 0 Å². The first-order valence-corrected chi connectivity index (χ1v) is 9.29. The van der Waals surface area contributed by atoms with Gasteiger partial charge in [0, 0.05) is 34.9 Å². The molecule has 3 aromatic rings. The number of aromatic amines is 2. The molecule has 0 radical (unpaired) electrons. The van der Waals surface area contributed by atoms with E-state index >= 15 is 0 Å². The number of guanidine groups is 1. The lowest BCUT2D eigenvalue weighted by Crippen LogP contribution is -2.57. The van der Waals surface area contributed by atoms with E-state index in [1.165, 1.54) is 23.8 Å². The first kappa shape index (κ1) is 16.1. The first-order chi connectivity index (χ1) is 13.1. The molecule has 0 bridgehead atoms.